The number of carbonyl (C=O) groups excluding carboxylic acids is 2. The maximum Gasteiger partial charge on any atom is 0.303 e. The lowest BCUT2D eigenvalue weighted by molar-refractivity contribution is -0.255. The number of esters is 2. The number of carbonyl (C=O) groups is 2. The van der Waals surface area contributed by atoms with Crippen LogP contribution >= 0.6 is 0 Å². The van der Waals surface area contributed by atoms with E-state index in [2.05, 4.69) is 0 Å². The Morgan fingerprint density at radius 2 is 1.55 bits per heavy atom. The first-order valence-corrected chi connectivity index (χ1v) is 6.55. The maximum atomic E-state index is 11.3. The van der Waals surface area contributed by atoms with Gasteiger partial charge in [0.2, 0.25) is 0 Å². The second-order valence-corrected chi connectivity index (χ2v) is 5.46. The highest BCUT2D eigenvalue weighted by Crippen LogP contribution is 2.38. The van der Waals surface area contributed by atoms with Crippen molar-refractivity contribution in [1.82, 2.24) is 0 Å². The molecule has 2 aliphatic heterocycles. The summed E-state index contributed by atoms with van der Waals surface area (Å²) in [7, 11) is 0. The third-order valence-corrected chi connectivity index (χ3v) is 3.15. The fourth-order valence-electron chi connectivity index (χ4n) is 2.51. The SMILES string of the molecule is CC(=O)O[C@H]1C(C)O[C@H]2OC(C)(C)OC2[C@@H]1OC(C)=O. The average molecular weight is 288 g/mol. The summed E-state index contributed by atoms with van der Waals surface area (Å²) in [5.41, 5.74) is 0. The van der Waals surface area contributed by atoms with Crippen molar-refractivity contribution in [2.45, 2.75) is 71.1 Å². The van der Waals surface area contributed by atoms with Crippen LogP contribution in [-0.4, -0.2) is 48.4 Å². The minimum atomic E-state index is -0.849. The van der Waals surface area contributed by atoms with E-state index in [0.717, 1.165) is 0 Å². The van der Waals surface area contributed by atoms with Gasteiger partial charge in [-0.25, -0.2) is 0 Å². The number of ether oxygens (including phenoxy) is 5. The lowest BCUT2D eigenvalue weighted by Gasteiger charge is -2.39. The van der Waals surface area contributed by atoms with Gasteiger partial charge in [0.15, 0.2) is 30.4 Å². The first-order valence-electron chi connectivity index (χ1n) is 6.55. The smallest absolute Gasteiger partial charge is 0.303 e. The Morgan fingerprint density at radius 3 is 2.10 bits per heavy atom. The molecule has 20 heavy (non-hydrogen) atoms. The summed E-state index contributed by atoms with van der Waals surface area (Å²) in [6, 6.07) is 0. The topological polar surface area (TPSA) is 80.3 Å². The van der Waals surface area contributed by atoms with Crippen molar-refractivity contribution in [1.29, 1.82) is 0 Å². The number of fused-ring (bicyclic) bond motifs is 1. The molecule has 0 aromatic heterocycles. The Hall–Kier alpha value is -1.18. The summed E-state index contributed by atoms with van der Waals surface area (Å²) in [5, 5.41) is 0. The Morgan fingerprint density at radius 1 is 1.00 bits per heavy atom. The zero-order chi connectivity index (χ0) is 15.1. The molecule has 7 nitrogen and oxygen atoms in total. The van der Waals surface area contributed by atoms with Gasteiger partial charge in [-0.05, 0) is 20.8 Å². The lowest BCUT2D eigenvalue weighted by Crippen LogP contribution is -2.58. The molecule has 2 saturated heterocycles. The Kier molecular flexibility index (Phi) is 4.04. The summed E-state index contributed by atoms with van der Waals surface area (Å²) in [6.07, 6.45) is -3.24. The van der Waals surface area contributed by atoms with Crippen molar-refractivity contribution in [2.24, 2.45) is 0 Å². The monoisotopic (exact) mass is 288 g/mol. The van der Waals surface area contributed by atoms with E-state index in [0.29, 0.717) is 0 Å². The second kappa shape index (κ2) is 5.31. The molecule has 0 saturated carbocycles. The van der Waals surface area contributed by atoms with Crippen LogP contribution in [0.3, 0.4) is 0 Å². The van der Waals surface area contributed by atoms with Crippen LogP contribution in [0.4, 0.5) is 0 Å². The molecule has 0 radical (unpaired) electrons. The number of hydrogen-bond acceptors (Lipinski definition) is 7. The van der Waals surface area contributed by atoms with Gasteiger partial charge in [-0.2, -0.15) is 0 Å². The molecular formula is C13H20O7. The molecule has 2 rings (SSSR count). The molecule has 0 bridgehead atoms. The minimum Gasteiger partial charge on any atom is -0.456 e. The molecule has 2 heterocycles. The summed E-state index contributed by atoms with van der Waals surface area (Å²) < 4.78 is 27.5. The quantitative estimate of drug-likeness (QED) is 0.693. The van der Waals surface area contributed by atoms with E-state index in [1.807, 2.05) is 0 Å². The van der Waals surface area contributed by atoms with E-state index < -0.39 is 48.4 Å². The van der Waals surface area contributed by atoms with Crippen molar-refractivity contribution in [3.63, 3.8) is 0 Å². The first-order chi connectivity index (χ1) is 9.19. The normalized spacial score (nSPS) is 39.0. The predicted molar refractivity (Wildman–Crippen MR) is 65.5 cm³/mol. The van der Waals surface area contributed by atoms with Crippen molar-refractivity contribution in [3.05, 3.63) is 0 Å². The van der Waals surface area contributed by atoms with Gasteiger partial charge in [0, 0.05) is 13.8 Å². The van der Waals surface area contributed by atoms with E-state index in [-0.39, 0.29) is 0 Å². The number of rotatable bonds is 2. The molecule has 5 atom stereocenters. The Labute approximate surface area is 117 Å². The van der Waals surface area contributed by atoms with Gasteiger partial charge in [0.05, 0.1) is 6.10 Å². The molecule has 0 aliphatic carbocycles. The molecular weight excluding hydrogens is 268 g/mol. The van der Waals surface area contributed by atoms with Crippen LogP contribution in [-0.2, 0) is 33.3 Å². The van der Waals surface area contributed by atoms with Gasteiger partial charge in [0.25, 0.3) is 0 Å². The molecule has 114 valence electrons. The largest absolute Gasteiger partial charge is 0.456 e. The molecule has 0 N–H and O–H groups in total. The van der Waals surface area contributed by atoms with Crippen LogP contribution < -0.4 is 0 Å². The Bertz CT molecular complexity index is 406. The van der Waals surface area contributed by atoms with Crippen molar-refractivity contribution in [2.75, 3.05) is 0 Å². The van der Waals surface area contributed by atoms with Crippen LogP contribution in [0.2, 0.25) is 0 Å². The highest BCUT2D eigenvalue weighted by atomic mass is 16.8. The third-order valence-electron chi connectivity index (χ3n) is 3.15. The van der Waals surface area contributed by atoms with E-state index in [9.17, 15) is 9.59 Å². The first kappa shape index (κ1) is 15.2. The van der Waals surface area contributed by atoms with Gasteiger partial charge in [0.1, 0.15) is 0 Å². The van der Waals surface area contributed by atoms with Crippen LogP contribution in [0.1, 0.15) is 34.6 Å². The standard InChI is InChI=1S/C13H20O7/c1-6-9(17-7(2)14)10(18-8(3)15)11-12(16-6)20-13(4,5)19-11/h6,9-12H,1-5H3/t6?,9-,10+,11?,12-/m0/s1. The van der Waals surface area contributed by atoms with Crippen molar-refractivity contribution >= 4 is 11.9 Å². The highest BCUT2D eigenvalue weighted by molar-refractivity contribution is 5.67. The zero-order valence-corrected chi connectivity index (χ0v) is 12.2. The molecule has 0 aromatic rings. The molecule has 7 heteroatoms. The molecule has 0 aromatic carbocycles. The molecule has 0 amide bonds. The highest BCUT2D eigenvalue weighted by Gasteiger charge is 2.56. The molecule has 0 spiro atoms. The van der Waals surface area contributed by atoms with Gasteiger partial charge in [-0.3, -0.25) is 9.59 Å². The Balaban J connectivity index is 2.24. The molecule has 2 unspecified atom stereocenters. The van der Waals surface area contributed by atoms with Crippen LogP contribution in [0.15, 0.2) is 0 Å². The fourth-order valence-corrected chi connectivity index (χ4v) is 2.51. The van der Waals surface area contributed by atoms with Crippen LogP contribution in [0.5, 0.6) is 0 Å². The average Bonchev–Trinajstić information content (AvgIpc) is 2.56. The predicted octanol–water partition coefficient (Wildman–Crippen LogP) is 0.746. The lowest BCUT2D eigenvalue weighted by atomic mass is 9.99. The van der Waals surface area contributed by atoms with Crippen molar-refractivity contribution < 1.29 is 33.3 Å². The van der Waals surface area contributed by atoms with Crippen molar-refractivity contribution in [3.8, 4) is 0 Å². The van der Waals surface area contributed by atoms with E-state index in [1.54, 1.807) is 20.8 Å². The number of hydrogen-bond donors (Lipinski definition) is 0. The van der Waals surface area contributed by atoms with Gasteiger partial charge >= 0.3 is 11.9 Å². The fraction of sp³-hybridized carbons (Fsp3) is 0.846. The van der Waals surface area contributed by atoms with Crippen LogP contribution in [0, 0.1) is 0 Å². The maximum absolute atomic E-state index is 11.3. The summed E-state index contributed by atoms with van der Waals surface area (Å²) in [5.74, 6) is -1.80. The minimum absolute atomic E-state index is 0.470. The second-order valence-electron chi connectivity index (χ2n) is 5.46. The van der Waals surface area contributed by atoms with Gasteiger partial charge in [-0.1, -0.05) is 0 Å². The third kappa shape index (κ3) is 3.11. The van der Waals surface area contributed by atoms with Crippen LogP contribution in [0.25, 0.3) is 0 Å². The molecule has 2 fully saturated rings. The zero-order valence-electron chi connectivity index (χ0n) is 12.2. The summed E-state index contributed by atoms with van der Waals surface area (Å²) >= 11 is 0. The van der Waals surface area contributed by atoms with E-state index in [1.165, 1.54) is 13.8 Å². The van der Waals surface area contributed by atoms with E-state index >= 15 is 0 Å². The molecule has 2 aliphatic rings. The summed E-state index contributed by atoms with van der Waals surface area (Å²) in [4.78, 5) is 22.5. The van der Waals surface area contributed by atoms with E-state index in [4.69, 9.17) is 23.7 Å². The van der Waals surface area contributed by atoms with Gasteiger partial charge < -0.3 is 23.7 Å². The van der Waals surface area contributed by atoms with Gasteiger partial charge in [-0.15, -0.1) is 0 Å². The summed E-state index contributed by atoms with van der Waals surface area (Å²) in [6.45, 7) is 7.80.